The van der Waals surface area contributed by atoms with Crippen LogP contribution in [0.2, 0.25) is 0 Å². The molecule has 0 saturated heterocycles. The Kier molecular flexibility index (Phi) is 4.52. The van der Waals surface area contributed by atoms with E-state index < -0.39 is 12.0 Å². The number of rotatable bonds is 4. The van der Waals surface area contributed by atoms with Gasteiger partial charge in [-0.25, -0.2) is 9.97 Å². The molecule has 0 unspecified atom stereocenters. The highest BCUT2D eigenvalue weighted by atomic mass is 19.4. The van der Waals surface area contributed by atoms with Crippen LogP contribution in [0.1, 0.15) is 12.7 Å². The van der Waals surface area contributed by atoms with E-state index in [0.29, 0.717) is 6.54 Å². The average molecular weight is 277 g/mol. The summed E-state index contributed by atoms with van der Waals surface area (Å²) in [6.45, 7) is 2.11. The van der Waals surface area contributed by atoms with E-state index in [-0.39, 0.29) is 24.1 Å². The van der Waals surface area contributed by atoms with E-state index in [1.165, 1.54) is 4.90 Å². The van der Waals surface area contributed by atoms with Gasteiger partial charge >= 0.3 is 6.18 Å². The fourth-order valence-corrected chi connectivity index (χ4v) is 1.16. The predicted molar refractivity (Wildman–Crippen MR) is 63.2 cm³/mol. The van der Waals surface area contributed by atoms with Crippen LogP contribution in [0.5, 0.6) is 0 Å². The van der Waals surface area contributed by atoms with Crippen LogP contribution in [0.15, 0.2) is 6.07 Å². The zero-order valence-electron chi connectivity index (χ0n) is 10.5. The van der Waals surface area contributed by atoms with E-state index in [2.05, 4.69) is 15.3 Å². The number of alkyl halides is 3. The average Bonchev–Trinajstić information content (AvgIpc) is 2.33. The quantitative estimate of drug-likeness (QED) is 0.856. The predicted octanol–water partition coefficient (Wildman–Crippen LogP) is 0.968. The fourth-order valence-electron chi connectivity index (χ4n) is 1.16. The van der Waals surface area contributed by atoms with Crippen molar-refractivity contribution in [3.63, 3.8) is 0 Å². The highest BCUT2D eigenvalue weighted by Gasteiger charge is 2.35. The highest BCUT2D eigenvalue weighted by Crippen LogP contribution is 2.27. The maximum atomic E-state index is 12.4. The van der Waals surface area contributed by atoms with Crippen molar-refractivity contribution >= 4 is 17.5 Å². The molecule has 6 nitrogen and oxygen atoms in total. The Morgan fingerprint density at radius 1 is 1.47 bits per heavy atom. The summed E-state index contributed by atoms with van der Waals surface area (Å²) >= 11 is 0. The minimum absolute atomic E-state index is 0.141. The van der Waals surface area contributed by atoms with Crippen LogP contribution < -0.4 is 11.1 Å². The first-order valence-corrected chi connectivity index (χ1v) is 5.43. The van der Waals surface area contributed by atoms with Crippen molar-refractivity contribution in [3.8, 4) is 0 Å². The van der Waals surface area contributed by atoms with Crippen molar-refractivity contribution in [1.29, 1.82) is 0 Å². The number of amides is 1. The molecule has 0 aliphatic heterocycles. The minimum atomic E-state index is -4.68. The minimum Gasteiger partial charge on any atom is -0.384 e. The molecule has 3 N–H and O–H groups in total. The van der Waals surface area contributed by atoms with Crippen molar-refractivity contribution in [2.24, 2.45) is 0 Å². The number of nitrogens with zero attached hydrogens (tertiary/aromatic N) is 3. The monoisotopic (exact) mass is 277 g/mol. The summed E-state index contributed by atoms with van der Waals surface area (Å²) in [5.74, 6) is -2.07. The SMILES string of the molecule is CCN(C)C(=O)CNc1cc(N)nc(C(F)(F)F)n1. The van der Waals surface area contributed by atoms with Crippen LogP contribution in [0.4, 0.5) is 24.8 Å². The van der Waals surface area contributed by atoms with Gasteiger partial charge in [-0.2, -0.15) is 13.2 Å². The van der Waals surface area contributed by atoms with Gasteiger partial charge in [0.15, 0.2) is 0 Å². The number of carbonyl (C=O) groups is 1. The largest absolute Gasteiger partial charge is 0.451 e. The lowest BCUT2D eigenvalue weighted by Gasteiger charge is -2.15. The standard InChI is InChI=1S/C10H14F3N5O/c1-3-18(2)8(19)5-15-7-4-6(14)16-9(17-7)10(11,12)13/h4H,3,5H2,1-2H3,(H3,14,15,16,17). The Balaban J connectivity index is 2.80. The molecule has 19 heavy (non-hydrogen) atoms. The molecule has 0 spiro atoms. The Bertz CT molecular complexity index is 463. The number of likely N-dealkylation sites (N-methyl/N-ethyl adjacent to an activating group) is 1. The summed E-state index contributed by atoms with van der Waals surface area (Å²) in [4.78, 5) is 19.3. The van der Waals surface area contributed by atoms with Gasteiger partial charge in [-0.3, -0.25) is 4.79 Å². The summed E-state index contributed by atoms with van der Waals surface area (Å²) in [5, 5.41) is 2.49. The Morgan fingerprint density at radius 3 is 2.63 bits per heavy atom. The zero-order valence-corrected chi connectivity index (χ0v) is 10.5. The van der Waals surface area contributed by atoms with Crippen LogP contribution in [-0.2, 0) is 11.0 Å². The van der Waals surface area contributed by atoms with Gasteiger partial charge in [0.05, 0.1) is 6.54 Å². The van der Waals surface area contributed by atoms with Crippen molar-refractivity contribution in [3.05, 3.63) is 11.9 Å². The second kappa shape index (κ2) is 5.72. The molecule has 1 amide bonds. The molecule has 0 aromatic carbocycles. The van der Waals surface area contributed by atoms with Crippen LogP contribution in [-0.4, -0.2) is 40.9 Å². The Morgan fingerprint density at radius 2 is 2.11 bits per heavy atom. The number of nitrogens with two attached hydrogens (primary N) is 1. The number of aromatic nitrogens is 2. The highest BCUT2D eigenvalue weighted by molar-refractivity contribution is 5.80. The Labute approximate surface area is 107 Å². The number of hydrogen-bond acceptors (Lipinski definition) is 5. The van der Waals surface area contributed by atoms with Crippen LogP contribution in [0.3, 0.4) is 0 Å². The zero-order chi connectivity index (χ0) is 14.6. The van der Waals surface area contributed by atoms with Gasteiger partial charge in [-0.15, -0.1) is 0 Å². The normalized spacial score (nSPS) is 11.2. The summed E-state index contributed by atoms with van der Waals surface area (Å²) in [7, 11) is 1.58. The first kappa shape index (κ1) is 15.0. The third kappa shape index (κ3) is 4.27. The maximum Gasteiger partial charge on any atom is 0.451 e. The lowest BCUT2D eigenvalue weighted by Crippen LogP contribution is -2.32. The molecular formula is C10H14F3N5O. The maximum absolute atomic E-state index is 12.4. The second-order valence-electron chi connectivity index (χ2n) is 3.76. The third-order valence-electron chi connectivity index (χ3n) is 2.32. The van der Waals surface area contributed by atoms with Crippen molar-refractivity contribution in [2.75, 3.05) is 31.2 Å². The molecule has 0 aliphatic rings. The van der Waals surface area contributed by atoms with Crippen LogP contribution in [0.25, 0.3) is 0 Å². The van der Waals surface area contributed by atoms with E-state index in [1.807, 2.05) is 0 Å². The molecule has 0 radical (unpaired) electrons. The smallest absolute Gasteiger partial charge is 0.384 e. The molecule has 1 rings (SSSR count). The molecule has 0 atom stereocenters. The fraction of sp³-hybridized carbons (Fsp3) is 0.500. The summed E-state index contributed by atoms with van der Waals surface area (Å²) in [6.07, 6.45) is -4.68. The number of carbonyl (C=O) groups excluding carboxylic acids is 1. The molecule has 0 saturated carbocycles. The van der Waals surface area contributed by atoms with Gasteiger partial charge in [-0.1, -0.05) is 0 Å². The molecule has 9 heteroatoms. The van der Waals surface area contributed by atoms with Gasteiger partial charge in [0.1, 0.15) is 11.6 Å². The molecule has 0 aliphatic carbocycles. The first-order valence-electron chi connectivity index (χ1n) is 5.43. The first-order chi connectivity index (χ1) is 8.74. The van der Waals surface area contributed by atoms with E-state index in [4.69, 9.17) is 5.73 Å². The molecule has 1 heterocycles. The number of nitrogens with one attached hydrogen (secondary N) is 1. The summed E-state index contributed by atoms with van der Waals surface area (Å²) in [6, 6.07) is 1.13. The Hall–Kier alpha value is -2.06. The molecule has 0 fully saturated rings. The number of anilines is 2. The number of hydrogen-bond donors (Lipinski definition) is 2. The second-order valence-corrected chi connectivity index (χ2v) is 3.76. The van der Waals surface area contributed by atoms with Crippen molar-refractivity contribution in [2.45, 2.75) is 13.1 Å². The molecular weight excluding hydrogens is 263 g/mol. The van der Waals surface area contributed by atoms with Gasteiger partial charge in [0.25, 0.3) is 0 Å². The van der Waals surface area contributed by atoms with E-state index in [0.717, 1.165) is 6.07 Å². The molecule has 1 aromatic heterocycles. The van der Waals surface area contributed by atoms with Crippen molar-refractivity contribution < 1.29 is 18.0 Å². The van der Waals surface area contributed by atoms with Gasteiger partial charge in [-0.05, 0) is 6.92 Å². The molecule has 106 valence electrons. The summed E-state index contributed by atoms with van der Waals surface area (Å²) < 4.78 is 37.3. The van der Waals surface area contributed by atoms with Crippen LogP contribution >= 0.6 is 0 Å². The summed E-state index contributed by atoms with van der Waals surface area (Å²) in [5.41, 5.74) is 5.26. The van der Waals surface area contributed by atoms with E-state index >= 15 is 0 Å². The number of nitrogen functional groups attached to an aromatic ring is 1. The van der Waals surface area contributed by atoms with E-state index in [9.17, 15) is 18.0 Å². The van der Waals surface area contributed by atoms with Gasteiger partial charge < -0.3 is 16.0 Å². The van der Waals surface area contributed by atoms with E-state index in [1.54, 1.807) is 14.0 Å². The topological polar surface area (TPSA) is 84.1 Å². The molecule has 1 aromatic rings. The van der Waals surface area contributed by atoms with Gasteiger partial charge in [0, 0.05) is 19.7 Å². The van der Waals surface area contributed by atoms with Crippen molar-refractivity contribution in [1.82, 2.24) is 14.9 Å². The van der Waals surface area contributed by atoms with Crippen LogP contribution in [0, 0.1) is 0 Å². The third-order valence-corrected chi connectivity index (χ3v) is 2.32. The van der Waals surface area contributed by atoms with Gasteiger partial charge in [0.2, 0.25) is 11.7 Å². The molecule has 0 bridgehead atoms. The number of halogens is 3. The lowest BCUT2D eigenvalue weighted by atomic mass is 10.4. The lowest BCUT2D eigenvalue weighted by molar-refractivity contribution is -0.144.